The molecule has 1 heterocycles. The average molecular weight is 261 g/mol. The maximum absolute atomic E-state index is 4.27. The van der Waals surface area contributed by atoms with Crippen molar-refractivity contribution >= 4 is 11.8 Å². The molecule has 0 aliphatic rings. The number of thioether (sulfide) groups is 1. The fourth-order valence-corrected chi connectivity index (χ4v) is 2.37. The predicted octanol–water partition coefficient (Wildman–Crippen LogP) is 3.54. The van der Waals surface area contributed by atoms with Gasteiger partial charge in [-0.2, -0.15) is 0 Å². The Kier molecular flexibility index (Phi) is 4.44. The summed E-state index contributed by atoms with van der Waals surface area (Å²) in [5.74, 6) is 0.975. The number of aromatic nitrogens is 2. The second-order valence-corrected chi connectivity index (χ2v) is 5.24. The van der Waals surface area contributed by atoms with Gasteiger partial charge in [0.15, 0.2) is 0 Å². The standard InChI is InChI=1S/C14H19N3S/c1-10(12-4-6-13(18-3)7-5-12)17-11(2)14-15-8-9-16-14/h4-11,17H,1-3H3,(H,15,16). The van der Waals surface area contributed by atoms with Gasteiger partial charge in [0, 0.05) is 23.3 Å². The first kappa shape index (κ1) is 13.2. The van der Waals surface area contributed by atoms with Gasteiger partial charge in [-0.15, -0.1) is 11.8 Å². The van der Waals surface area contributed by atoms with Crippen molar-refractivity contribution in [3.63, 3.8) is 0 Å². The number of nitrogens with zero attached hydrogens (tertiary/aromatic N) is 1. The average Bonchev–Trinajstić information content (AvgIpc) is 2.92. The molecule has 0 bridgehead atoms. The van der Waals surface area contributed by atoms with E-state index in [1.807, 2.05) is 6.20 Å². The van der Waals surface area contributed by atoms with Crippen LogP contribution in [0.1, 0.15) is 37.3 Å². The van der Waals surface area contributed by atoms with E-state index in [2.05, 4.69) is 59.7 Å². The first-order valence-electron chi connectivity index (χ1n) is 6.10. The summed E-state index contributed by atoms with van der Waals surface area (Å²) in [5.41, 5.74) is 1.30. The Morgan fingerprint density at radius 2 is 1.89 bits per heavy atom. The van der Waals surface area contributed by atoms with Crippen LogP contribution in [0.15, 0.2) is 41.6 Å². The number of hydrogen-bond donors (Lipinski definition) is 2. The zero-order valence-corrected chi connectivity index (χ0v) is 11.8. The predicted molar refractivity (Wildman–Crippen MR) is 76.8 cm³/mol. The molecule has 0 saturated carbocycles. The lowest BCUT2D eigenvalue weighted by atomic mass is 10.1. The van der Waals surface area contributed by atoms with Gasteiger partial charge in [-0.05, 0) is 37.8 Å². The summed E-state index contributed by atoms with van der Waals surface area (Å²) >= 11 is 1.77. The Hall–Kier alpha value is -1.26. The topological polar surface area (TPSA) is 40.7 Å². The van der Waals surface area contributed by atoms with Crippen LogP contribution in [0.5, 0.6) is 0 Å². The minimum Gasteiger partial charge on any atom is -0.347 e. The van der Waals surface area contributed by atoms with Crippen molar-refractivity contribution in [1.82, 2.24) is 15.3 Å². The molecule has 0 radical (unpaired) electrons. The third-order valence-corrected chi connectivity index (χ3v) is 3.79. The highest BCUT2D eigenvalue weighted by molar-refractivity contribution is 7.98. The molecule has 0 spiro atoms. The molecule has 96 valence electrons. The molecule has 18 heavy (non-hydrogen) atoms. The van der Waals surface area contributed by atoms with Crippen molar-refractivity contribution in [2.24, 2.45) is 0 Å². The molecule has 1 aromatic carbocycles. The van der Waals surface area contributed by atoms with Gasteiger partial charge in [0.05, 0.1) is 6.04 Å². The molecular formula is C14H19N3S. The van der Waals surface area contributed by atoms with E-state index < -0.39 is 0 Å². The van der Waals surface area contributed by atoms with Gasteiger partial charge in [-0.3, -0.25) is 0 Å². The highest BCUT2D eigenvalue weighted by Gasteiger charge is 2.12. The zero-order valence-electron chi connectivity index (χ0n) is 11.0. The summed E-state index contributed by atoms with van der Waals surface area (Å²) in [7, 11) is 0. The number of nitrogens with one attached hydrogen (secondary N) is 2. The molecule has 2 unspecified atom stereocenters. The van der Waals surface area contributed by atoms with Crippen molar-refractivity contribution < 1.29 is 0 Å². The third-order valence-electron chi connectivity index (χ3n) is 3.05. The smallest absolute Gasteiger partial charge is 0.122 e. The largest absolute Gasteiger partial charge is 0.347 e. The molecule has 3 nitrogen and oxygen atoms in total. The maximum atomic E-state index is 4.27. The fourth-order valence-electron chi connectivity index (χ4n) is 1.96. The molecule has 0 saturated heterocycles. The molecule has 2 N–H and O–H groups in total. The number of benzene rings is 1. The van der Waals surface area contributed by atoms with Crippen LogP contribution in [0.2, 0.25) is 0 Å². The van der Waals surface area contributed by atoms with E-state index in [1.165, 1.54) is 10.5 Å². The van der Waals surface area contributed by atoms with Crippen LogP contribution in [0.4, 0.5) is 0 Å². The highest BCUT2D eigenvalue weighted by atomic mass is 32.2. The summed E-state index contributed by atoms with van der Waals surface area (Å²) in [6.07, 6.45) is 5.73. The van der Waals surface area contributed by atoms with Gasteiger partial charge >= 0.3 is 0 Å². The van der Waals surface area contributed by atoms with E-state index in [1.54, 1.807) is 18.0 Å². The van der Waals surface area contributed by atoms with Crippen LogP contribution in [-0.4, -0.2) is 16.2 Å². The van der Waals surface area contributed by atoms with Gasteiger partial charge in [0.25, 0.3) is 0 Å². The number of rotatable bonds is 5. The molecule has 2 atom stereocenters. The Morgan fingerprint density at radius 1 is 1.17 bits per heavy atom. The van der Waals surface area contributed by atoms with Gasteiger partial charge in [0.2, 0.25) is 0 Å². The maximum Gasteiger partial charge on any atom is 0.122 e. The summed E-state index contributed by atoms with van der Waals surface area (Å²) in [4.78, 5) is 8.70. The van der Waals surface area contributed by atoms with Crippen molar-refractivity contribution in [3.8, 4) is 0 Å². The summed E-state index contributed by atoms with van der Waals surface area (Å²) < 4.78 is 0. The third kappa shape index (κ3) is 3.15. The number of hydrogen-bond acceptors (Lipinski definition) is 3. The highest BCUT2D eigenvalue weighted by Crippen LogP contribution is 2.20. The molecule has 2 rings (SSSR count). The molecule has 0 fully saturated rings. The Balaban J connectivity index is 2.00. The summed E-state index contributed by atoms with van der Waals surface area (Å²) in [5, 5.41) is 3.54. The van der Waals surface area contributed by atoms with Gasteiger partial charge in [0.1, 0.15) is 5.82 Å². The molecule has 0 aliphatic heterocycles. The second-order valence-electron chi connectivity index (χ2n) is 4.36. The van der Waals surface area contributed by atoms with Crippen LogP contribution >= 0.6 is 11.8 Å². The molecule has 2 aromatic rings. The number of aromatic amines is 1. The van der Waals surface area contributed by atoms with E-state index in [4.69, 9.17) is 0 Å². The number of H-pyrrole nitrogens is 1. The van der Waals surface area contributed by atoms with Crippen molar-refractivity contribution in [1.29, 1.82) is 0 Å². The summed E-state index contributed by atoms with van der Waals surface area (Å²) in [6.45, 7) is 4.29. The van der Waals surface area contributed by atoms with Crippen molar-refractivity contribution in [2.45, 2.75) is 30.8 Å². The fraction of sp³-hybridized carbons (Fsp3) is 0.357. The zero-order chi connectivity index (χ0) is 13.0. The minimum absolute atomic E-state index is 0.218. The monoisotopic (exact) mass is 261 g/mol. The SMILES string of the molecule is CSc1ccc(C(C)NC(C)c2ncc[nH]2)cc1. The van der Waals surface area contributed by atoms with E-state index in [9.17, 15) is 0 Å². The molecule has 4 heteroatoms. The molecular weight excluding hydrogens is 242 g/mol. The van der Waals surface area contributed by atoms with Crippen LogP contribution in [-0.2, 0) is 0 Å². The van der Waals surface area contributed by atoms with E-state index >= 15 is 0 Å². The Bertz CT molecular complexity index is 464. The first-order chi connectivity index (χ1) is 8.70. The normalized spacial score (nSPS) is 14.4. The van der Waals surface area contributed by atoms with Crippen LogP contribution < -0.4 is 5.32 Å². The van der Waals surface area contributed by atoms with Crippen molar-refractivity contribution in [3.05, 3.63) is 48.0 Å². The van der Waals surface area contributed by atoms with E-state index in [0.717, 1.165) is 5.82 Å². The quantitative estimate of drug-likeness (QED) is 0.809. The van der Waals surface area contributed by atoms with Gasteiger partial charge in [-0.1, -0.05) is 12.1 Å². The lowest BCUT2D eigenvalue weighted by molar-refractivity contribution is 0.479. The lowest BCUT2D eigenvalue weighted by Crippen LogP contribution is -2.23. The Labute approximate surface area is 112 Å². The second kappa shape index (κ2) is 6.07. The van der Waals surface area contributed by atoms with Gasteiger partial charge < -0.3 is 10.3 Å². The van der Waals surface area contributed by atoms with Crippen molar-refractivity contribution in [2.75, 3.05) is 6.26 Å². The summed E-state index contributed by atoms with van der Waals surface area (Å²) in [6, 6.07) is 9.21. The van der Waals surface area contributed by atoms with Gasteiger partial charge in [-0.25, -0.2) is 4.98 Å². The first-order valence-corrected chi connectivity index (χ1v) is 7.32. The molecule has 0 aliphatic carbocycles. The van der Waals surface area contributed by atoms with E-state index in [0.29, 0.717) is 6.04 Å². The number of imidazole rings is 1. The van der Waals surface area contributed by atoms with Crippen LogP contribution in [0.25, 0.3) is 0 Å². The van der Waals surface area contributed by atoms with Crippen LogP contribution in [0.3, 0.4) is 0 Å². The molecule has 1 aromatic heterocycles. The minimum atomic E-state index is 0.218. The Morgan fingerprint density at radius 3 is 2.44 bits per heavy atom. The molecule has 0 amide bonds. The lowest BCUT2D eigenvalue weighted by Gasteiger charge is -2.19. The van der Waals surface area contributed by atoms with Crippen LogP contribution in [0, 0.1) is 0 Å². The van der Waals surface area contributed by atoms with E-state index in [-0.39, 0.29) is 6.04 Å².